The average Bonchev–Trinajstić information content (AvgIpc) is 2.15. The second-order valence-electron chi connectivity index (χ2n) is 2.96. The highest BCUT2D eigenvalue weighted by atomic mass is 32.2. The van der Waals surface area contributed by atoms with Gasteiger partial charge in [0.2, 0.25) is 0 Å². The van der Waals surface area contributed by atoms with Gasteiger partial charge in [0, 0.05) is 12.2 Å². The van der Waals surface area contributed by atoms with Gasteiger partial charge < -0.3 is 5.32 Å². The topological polar surface area (TPSA) is 24.9 Å². The maximum absolute atomic E-state index is 4.21. The fourth-order valence-electron chi connectivity index (χ4n) is 1.02. The molecule has 0 radical (unpaired) electrons. The van der Waals surface area contributed by atoms with Crippen LogP contribution in [0.2, 0.25) is 0 Å². The molecule has 0 atom stereocenters. The molecule has 72 valence electrons. The molecule has 0 aliphatic rings. The van der Waals surface area contributed by atoms with Crippen molar-refractivity contribution in [3.63, 3.8) is 0 Å². The van der Waals surface area contributed by atoms with Crippen LogP contribution in [0.4, 0.5) is 5.69 Å². The fourth-order valence-corrected chi connectivity index (χ4v) is 1.45. The minimum Gasteiger partial charge on any atom is -0.384 e. The third kappa shape index (κ3) is 4.18. The predicted molar refractivity (Wildman–Crippen MR) is 60.5 cm³/mol. The molecule has 3 heteroatoms. The van der Waals surface area contributed by atoms with E-state index in [-0.39, 0.29) is 0 Å². The molecule has 1 rings (SSSR count). The minimum absolute atomic E-state index is 1.03. The number of pyridine rings is 1. The molecule has 1 N–H and O–H groups in total. The summed E-state index contributed by atoms with van der Waals surface area (Å²) in [6.45, 7) is 3.03. The number of hydrogen-bond acceptors (Lipinski definition) is 3. The van der Waals surface area contributed by atoms with Gasteiger partial charge >= 0.3 is 0 Å². The Bertz CT molecular complexity index is 233. The Kier molecular flexibility index (Phi) is 4.68. The summed E-state index contributed by atoms with van der Waals surface area (Å²) in [5.41, 5.74) is 2.18. The van der Waals surface area contributed by atoms with Crippen molar-refractivity contribution in [1.82, 2.24) is 4.98 Å². The lowest BCUT2D eigenvalue weighted by Crippen LogP contribution is -2.02. The summed E-state index contributed by atoms with van der Waals surface area (Å²) in [6, 6.07) is 4.10. The summed E-state index contributed by atoms with van der Waals surface area (Å²) < 4.78 is 0. The Balaban J connectivity index is 2.25. The second kappa shape index (κ2) is 5.86. The number of aromatic nitrogens is 1. The first-order valence-electron chi connectivity index (χ1n) is 4.48. The van der Waals surface area contributed by atoms with Gasteiger partial charge in [-0.05, 0) is 37.5 Å². The molecular formula is C10H16N2S. The van der Waals surface area contributed by atoms with Crippen LogP contribution >= 0.6 is 11.8 Å². The van der Waals surface area contributed by atoms with Gasteiger partial charge in [0.1, 0.15) is 0 Å². The largest absolute Gasteiger partial charge is 0.384 e. The monoisotopic (exact) mass is 196 g/mol. The van der Waals surface area contributed by atoms with Crippen LogP contribution in [-0.4, -0.2) is 23.5 Å². The Morgan fingerprint density at radius 3 is 2.92 bits per heavy atom. The quantitative estimate of drug-likeness (QED) is 0.733. The smallest absolute Gasteiger partial charge is 0.0526 e. The summed E-state index contributed by atoms with van der Waals surface area (Å²) in [7, 11) is 0. The highest BCUT2D eigenvalue weighted by Gasteiger charge is 1.91. The molecule has 0 saturated heterocycles. The van der Waals surface area contributed by atoms with Gasteiger partial charge in [0.05, 0.1) is 11.9 Å². The lowest BCUT2D eigenvalue weighted by Gasteiger charge is -2.04. The molecule has 13 heavy (non-hydrogen) atoms. The molecule has 2 nitrogen and oxygen atoms in total. The van der Waals surface area contributed by atoms with E-state index < -0.39 is 0 Å². The Hall–Kier alpha value is -0.700. The number of hydrogen-bond donors (Lipinski definition) is 1. The van der Waals surface area contributed by atoms with E-state index in [0.717, 1.165) is 17.9 Å². The van der Waals surface area contributed by atoms with Gasteiger partial charge in [-0.3, -0.25) is 4.98 Å². The van der Waals surface area contributed by atoms with E-state index in [0.29, 0.717) is 0 Å². The van der Waals surface area contributed by atoms with Crippen molar-refractivity contribution < 1.29 is 0 Å². The van der Waals surface area contributed by atoms with Crippen LogP contribution in [0.5, 0.6) is 0 Å². The highest BCUT2D eigenvalue weighted by molar-refractivity contribution is 7.98. The fraction of sp³-hybridized carbons (Fsp3) is 0.500. The van der Waals surface area contributed by atoms with Gasteiger partial charge in [-0.15, -0.1) is 0 Å². The normalized spacial score (nSPS) is 10.0. The van der Waals surface area contributed by atoms with E-state index in [1.807, 2.05) is 30.9 Å². The molecule has 0 amide bonds. The predicted octanol–water partition coefficient (Wildman–Crippen LogP) is 2.56. The number of aryl methyl sites for hydroxylation is 1. The summed E-state index contributed by atoms with van der Waals surface area (Å²) in [5.74, 6) is 1.21. The zero-order valence-electron chi connectivity index (χ0n) is 8.21. The van der Waals surface area contributed by atoms with Crippen molar-refractivity contribution in [3.05, 3.63) is 24.0 Å². The van der Waals surface area contributed by atoms with Crippen LogP contribution in [0.25, 0.3) is 0 Å². The van der Waals surface area contributed by atoms with E-state index in [2.05, 4.69) is 22.6 Å². The zero-order valence-corrected chi connectivity index (χ0v) is 9.03. The molecule has 0 aromatic carbocycles. The van der Waals surface area contributed by atoms with Crippen molar-refractivity contribution >= 4 is 17.4 Å². The summed E-state index contributed by atoms with van der Waals surface area (Å²) in [4.78, 5) is 4.21. The number of nitrogens with one attached hydrogen (secondary N) is 1. The lowest BCUT2D eigenvalue weighted by atomic mass is 10.3. The molecule has 1 heterocycles. The van der Waals surface area contributed by atoms with Crippen molar-refractivity contribution in [1.29, 1.82) is 0 Å². The van der Waals surface area contributed by atoms with E-state index in [1.165, 1.54) is 12.2 Å². The molecule has 0 aliphatic heterocycles. The first-order valence-corrected chi connectivity index (χ1v) is 5.88. The molecule has 0 bridgehead atoms. The summed E-state index contributed by atoms with van der Waals surface area (Å²) in [6.07, 6.45) is 5.22. The SMILES string of the molecule is CSCCCNc1ccc(C)nc1. The Labute approximate surface area is 84.1 Å². The van der Waals surface area contributed by atoms with E-state index >= 15 is 0 Å². The number of nitrogens with zero attached hydrogens (tertiary/aromatic N) is 1. The third-order valence-electron chi connectivity index (χ3n) is 1.77. The van der Waals surface area contributed by atoms with Crippen molar-refractivity contribution in [2.24, 2.45) is 0 Å². The molecule has 0 fully saturated rings. The van der Waals surface area contributed by atoms with Crippen LogP contribution < -0.4 is 5.32 Å². The van der Waals surface area contributed by atoms with Crippen molar-refractivity contribution in [2.75, 3.05) is 23.9 Å². The van der Waals surface area contributed by atoms with Crippen LogP contribution in [0.1, 0.15) is 12.1 Å². The van der Waals surface area contributed by atoms with Gasteiger partial charge in [-0.25, -0.2) is 0 Å². The van der Waals surface area contributed by atoms with Crippen LogP contribution in [0.3, 0.4) is 0 Å². The maximum atomic E-state index is 4.21. The molecule has 0 saturated carbocycles. The van der Waals surface area contributed by atoms with E-state index in [4.69, 9.17) is 0 Å². The number of anilines is 1. The highest BCUT2D eigenvalue weighted by Crippen LogP contribution is 2.05. The van der Waals surface area contributed by atoms with E-state index in [9.17, 15) is 0 Å². The second-order valence-corrected chi connectivity index (χ2v) is 3.95. The number of rotatable bonds is 5. The molecule has 0 aliphatic carbocycles. The molecule has 1 aromatic heterocycles. The molecular weight excluding hydrogens is 180 g/mol. The number of thioether (sulfide) groups is 1. The van der Waals surface area contributed by atoms with Gasteiger partial charge in [-0.1, -0.05) is 0 Å². The molecule has 0 spiro atoms. The van der Waals surface area contributed by atoms with Gasteiger partial charge in [-0.2, -0.15) is 11.8 Å². The van der Waals surface area contributed by atoms with Crippen LogP contribution in [0, 0.1) is 6.92 Å². The van der Waals surface area contributed by atoms with Gasteiger partial charge in [0.15, 0.2) is 0 Å². The first-order chi connectivity index (χ1) is 6.33. The maximum Gasteiger partial charge on any atom is 0.0526 e. The Morgan fingerprint density at radius 1 is 1.46 bits per heavy atom. The van der Waals surface area contributed by atoms with Crippen LogP contribution in [0.15, 0.2) is 18.3 Å². The first kappa shape index (κ1) is 10.4. The zero-order chi connectivity index (χ0) is 9.52. The Morgan fingerprint density at radius 2 is 2.31 bits per heavy atom. The van der Waals surface area contributed by atoms with Crippen molar-refractivity contribution in [2.45, 2.75) is 13.3 Å². The average molecular weight is 196 g/mol. The summed E-state index contributed by atoms with van der Waals surface area (Å²) >= 11 is 1.88. The third-order valence-corrected chi connectivity index (χ3v) is 2.46. The molecule has 1 aromatic rings. The standard InChI is InChI=1S/C10H16N2S/c1-9-4-5-10(8-12-9)11-6-3-7-13-2/h4-5,8,11H,3,6-7H2,1-2H3. The molecule has 0 unspecified atom stereocenters. The summed E-state index contributed by atoms with van der Waals surface area (Å²) in [5, 5.41) is 3.33. The lowest BCUT2D eigenvalue weighted by molar-refractivity contribution is 0.989. The van der Waals surface area contributed by atoms with Crippen LogP contribution in [-0.2, 0) is 0 Å². The minimum atomic E-state index is 1.03. The van der Waals surface area contributed by atoms with Gasteiger partial charge in [0.25, 0.3) is 0 Å². The van der Waals surface area contributed by atoms with Crippen molar-refractivity contribution in [3.8, 4) is 0 Å². The van der Waals surface area contributed by atoms with E-state index in [1.54, 1.807) is 0 Å².